The third kappa shape index (κ3) is 3.96. The van der Waals surface area contributed by atoms with E-state index in [9.17, 15) is 9.18 Å². The van der Waals surface area contributed by atoms with Crippen LogP contribution in [0.25, 0.3) is 5.65 Å². The number of benzene rings is 2. The summed E-state index contributed by atoms with van der Waals surface area (Å²) in [7, 11) is 0. The lowest BCUT2D eigenvalue weighted by molar-refractivity contribution is 0.102. The molecule has 146 valence electrons. The van der Waals surface area contributed by atoms with Gasteiger partial charge < -0.3 is 14.5 Å². The number of fused-ring (bicyclic) bond motifs is 1. The number of imidazole rings is 1. The third-order valence-corrected chi connectivity index (χ3v) is 4.67. The predicted octanol–water partition coefficient (Wildman–Crippen LogP) is 4.92. The monoisotopic (exact) mass is 389 g/mol. The Balaban J connectivity index is 1.53. The fourth-order valence-corrected chi connectivity index (χ4v) is 3.16. The SMILES string of the molecule is Cc1cc(F)ccc1NC(=O)c1ccccc1OCc1cn2cccc(C)c2n1. The lowest BCUT2D eigenvalue weighted by Gasteiger charge is -2.12. The molecule has 1 N–H and O–H groups in total. The highest BCUT2D eigenvalue weighted by atomic mass is 19.1. The Kier molecular flexibility index (Phi) is 4.99. The maximum atomic E-state index is 13.3. The predicted molar refractivity (Wildman–Crippen MR) is 110 cm³/mol. The van der Waals surface area contributed by atoms with Crippen molar-refractivity contribution in [3.63, 3.8) is 0 Å². The lowest BCUT2D eigenvalue weighted by Crippen LogP contribution is -2.14. The normalized spacial score (nSPS) is 10.9. The number of pyridine rings is 1. The van der Waals surface area contributed by atoms with Gasteiger partial charge in [-0.05, 0) is 61.4 Å². The molecule has 0 aliphatic heterocycles. The van der Waals surface area contributed by atoms with Gasteiger partial charge >= 0.3 is 0 Å². The maximum Gasteiger partial charge on any atom is 0.259 e. The van der Waals surface area contributed by atoms with Gasteiger partial charge in [-0.3, -0.25) is 4.79 Å². The van der Waals surface area contributed by atoms with Crippen molar-refractivity contribution in [1.29, 1.82) is 0 Å². The molecule has 0 spiro atoms. The topological polar surface area (TPSA) is 55.6 Å². The van der Waals surface area contributed by atoms with Gasteiger partial charge in [-0.25, -0.2) is 9.37 Å². The van der Waals surface area contributed by atoms with E-state index >= 15 is 0 Å². The number of aryl methyl sites for hydroxylation is 2. The van der Waals surface area contributed by atoms with Crippen LogP contribution in [0.1, 0.15) is 27.2 Å². The molecule has 4 rings (SSSR count). The van der Waals surface area contributed by atoms with Gasteiger partial charge in [0.05, 0.1) is 11.3 Å². The molecule has 6 heteroatoms. The summed E-state index contributed by atoms with van der Waals surface area (Å²) < 4.78 is 21.1. The van der Waals surface area contributed by atoms with Gasteiger partial charge in [0.25, 0.3) is 5.91 Å². The highest BCUT2D eigenvalue weighted by molar-refractivity contribution is 6.06. The largest absolute Gasteiger partial charge is 0.486 e. The van der Waals surface area contributed by atoms with E-state index in [0.29, 0.717) is 22.6 Å². The Labute approximate surface area is 167 Å². The molecule has 1 amide bonds. The van der Waals surface area contributed by atoms with Crippen LogP contribution in [0.2, 0.25) is 0 Å². The smallest absolute Gasteiger partial charge is 0.259 e. The summed E-state index contributed by atoms with van der Waals surface area (Å²) in [5, 5.41) is 2.82. The number of para-hydroxylation sites is 1. The minimum Gasteiger partial charge on any atom is -0.486 e. The number of hydrogen-bond acceptors (Lipinski definition) is 3. The quantitative estimate of drug-likeness (QED) is 0.527. The van der Waals surface area contributed by atoms with Crippen LogP contribution < -0.4 is 10.1 Å². The molecule has 0 aliphatic rings. The van der Waals surface area contributed by atoms with Crippen molar-refractivity contribution in [2.45, 2.75) is 20.5 Å². The van der Waals surface area contributed by atoms with Crippen molar-refractivity contribution in [3.05, 3.63) is 95.2 Å². The van der Waals surface area contributed by atoms with Crippen LogP contribution in [0.5, 0.6) is 5.75 Å². The van der Waals surface area contributed by atoms with Crippen molar-refractivity contribution >= 4 is 17.2 Å². The van der Waals surface area contributed by atoms with Crippen molar-refractivity contribution in [3.8, 4) is 5.75 Å². The Hall–Kier alpha value is -3.67. The van der Waals surface area contributed by atoms with E-state index in [1.165, 1.54) is 12.1 Å². The average molecular weight is 389 g/mol. The van der Waals surface area contributed by atoms with Crippen LogP contribution in [0.15, 0.2) is 67.0 Å². The number of anilines is 1. The number of ether oxygens (including phenoxy) is 1. The van der Waals surface area contributed by atoms with Crippen LogP contribution in [-0.4, -0.2) is 15.3 Å². The maximum absolute atomic E-state index is 13.3. The van der Waals surface area contributed by atoms with Crippen molar-refractivity contribution in [2.75, 3.05) is 5.32 Å². The fraction of sp³-hybridized carbons (Fsp3) is 0.130. The zero-order valence-electron chi connectivity index (χ0n) is 16.1. The Bertz CT molecular complexity index is 1200. The molecule has 29 heavy (non-hydrogen) atoms. The van der Waals surface area contributed by atoms with Gasteiger partial charge in [0, 0.05) is 18.1 Å². The van der Waals surface area contributed by atoms with E-state index in [0.717, 1.165) is 16.9 Å². The number of carbonyl (C=O) groups excluding carboxylic acids is 1. The first-order valence-electron chi connectivity index (χ1n) is 9.24. The summed E-state index contributed by atoms with van der Waals surface area (Å²) in [6.07, 6.45) is 3.85. The summed E-state index contributed by atoms with van der Waals surface area (Å²) in [5.74, 6) is -0.202. The second-order valence-electron chi connectivity index (χ2n) is 6.85. The highest BCUT2D eigenvalue weighted by Crippen LogP contribution is 2.23. The molecular formula is C23H20FN3O2. The van der Waals surface area contributed by atoms with Crippen molar-refractivity contribution in [1.82, 2.24) is 9.38 Å². The number of nitrogens with one attached hydrogen (secondary N) is 1. The summed E-state index contributed by atoms with van der Waals surface area (Å²) in [5.41, 5.74) is 4.33. The van der Waals surface area contributed by atoms with Gasteiger partial charge in [0.1, 0.15) is 23.8 Å². The molecule has 4 aromatic rings. The highest BCUT2D eigenvalue weighted by Gasteiger charge is 2.14. The second kappa shape index (κ2) is 7.75. The number of aromatic nitrogens is 2. The standard InChI is InChI=1S/C23H20FN3O2/c1-15-6-5-11-27-13-18(25-22(15)27)14-29-21-8-4-3-7-19(21)23(28)26-20-10-9-17(24)12-16(20)2/h3-13H,14H2,1-2H3,(H,26,28). The van der Waals surface area contributed by atoms with Crippen LogP contribution in [0.3, 0.4) is 0 Å². The molecule has 0 aliphatic carbocycles. The number of nitrogens with zero attached hydrogens (tertiary/aromatic N) is 2. The molecule has 0 bridgehead atoms. The van der Waals surface area contributed by atoms with Gasteiger partial charge in [-0.2, -0.15) is 0 Å². The molecule has 0 saturated carbocycles. The van der Waals surface area contributed by atoms with Gasteiger partial charge in [-0.15, -0.1) is 0 Å². The molecule has 2 aromatic carbocycles. The number of hydrogen-bond donors (Lipinski definition) is 1. The first kappa shape index (κ1) is 18.7. The summed E-state index contributed by atoms with van der Waals surface area (Å²) in [6.45, 7) is 3.98. The second-order valence-corrected chi connectivity index (χ2v) is 6.85. The first-order chi connectivity index (χ1) is 14.0. The van der Waals surface area contributed by atoms with E-state index < -0.39 is 0 Å². The Morgan fingerprint density at radius 3 is 2.72 bits per heavy atom. The van der Waals surface area contributed by atoms with Crippen LogP contribution in [-0.2, 0) is 6.61 Å². The zero-order valence-corrected chi connectivity index (χ0v) is 16.1. The van der Waals surface area contributed by atoms with E-state index in [2.05, 4.69) is 10.3 Å². The van der Waals surface area contributed by atoms with E-state index in [4.69, 9.17) is 4.74 Å². The van der Waals surface area contributed by atoms with Crippen LogP contribution in [0.4, 0.5) is 10.1 Å². The molecule has 5 nitrogen and oxygen atoms in total. The molecule has 0 fully saturated rings. The Morgan fingerprint density at radius 1 is 1.10 bits per heavy atom. The van der Waals surface area contributed by atoms with E-state index in [-0.39, 0.29) is 18.3 Å². The molecule has 2 aromatic heterocycles. The molecular weight excluding hydrogens is 369 g/mol. The van der Waals surface area contributed by atoms with E-state index in [1.807, 2.05) is 41.9 Å². The molecule has 0 radical (unpaired) electrons. The first-order valence-corrected chi connectivity index (χ1v) is 9.24. The third-order valence-electron chi connectivity index (χ3n) is 4.67. The van der Waals surface area contributed by atoms with Gasteiger partial charge in [0.15, 0.2) is 0 Å². The fourth-order valence-electron chi connectivity index (χ4n) is 3.16. The zero-order chi connectivity index (χ0) is 20.4. The summed E-state index contributed by atoms with van der Waals surface area (Å²) in [6, 6.07) is 15.2. The van der Waals surface area contributed by atoms with Crippen LogP contribution >= 0.6 is 0 Å². The molecule has 0 unspecified atom stereocenters. The van der Waals surface area contributed by atoms with Crippen molar-refractivity contribution < 1.29 is 13.9 Å². The molecule has 2 heterocycles. The Morgan fingerprint density at radius 2 is 1.93 bits per heavy atom. The molecule has 0 atom stereocenters. The lowest BCUT2D eigenvalue weighted by atomic mass is 10.1. The summed E-state index contributed by atoms with van der Waals surface area (Å²) >= 11 is 0. The number of halogens is 1. The number of carbonyl (C=O) groups is 1. The summed E-state index contributed by atoms with van der Waals surface area (Å²) in [4.78, 5) is 17.4. The van der Waals surface area contributed by atoms with Crippen molar-refractivity contribution in [2.24, 2.45) is 0 Å². The van der Waals surface area contributed by atoms with Gasteiger partial charge in [0.2, 0.25) is 0 Å². The van der Waals surface area contributed by atoms with Crippen LogP contribution in [0, 0.1) is 19.7 Å². The molecule has 0 saturated heterocycles. The average Bonchev–Trinajstić information content (AvgIpc) is 3.13. The minimum absolute atomic E-state index is 0.237. The minimum atomic E-state index is -0.341. The number of amides is 1. The number of rotatable bonds is 5. The van der Waals surface area contributed by atoms with E-state index in [1.54, 1.807) is 31.2 Å². The van der Waals surface area contributed by atoms with Gasteiger partial charge in [-0.1, -0.05) is 18.2 Å².